The number of nitriles is 1. The number of aryl methyl sites for hydroxylation is 1. The van der Waals surface area contributed by atoms with Crippen LogP contribution in [0.1, 0.15) is 75.3 Å². The van der Waals surface area contributed by atoms with E-state index in [1.807, 2.05) is 38.1 Å². The summed E-state index contributed by atoms with van der Waals surface area (Å²) in [5.41, 5.74) is 2.18. The van der Waals surface area contributed by atoms with E-state index in [1.165, 1.54) is 6.07 Å². The van der Waals surface area contributed by atoms with Gasteiger partial charge in [-0.3, -0.25) is 24.2 Å². The smallest absolute Gasteiger partial charge is 0.263 e. The van der Waals surface area contributed by atoms with Gasteiger partial charge in [0, 0.05) is 24.2 Å². The van der Waals surface area contributed by atoms with Crippen molar-refractivity contribution in [1.82, 2.24) is 15.4 Å². The summed E-state index contributed by atoms with van der Waals surface area (Å²) in [6.07, 6.45) is 2.44. The van der Waals surface area contributed by atoms with Gasteiger partial charge in [-0.05, 0) is 56.4 Å². The van der Waals surface area contributed by atoms with Crippen LogP contribution in [0.3, 0.4) is 0 Å². The van der Waals surface area contributed by atoms with Gasteiger partial charge >= 0.3 is 0 Å². The molecule has 2 amide bonds. The lowest BCUT2D eigenvalue weighted by Crippen LogP contribution is -2.49. The quantitative estimate of drug-likeness (QED) is 0.205. The van der Waals surface area contributed by atoms with Crippen molar-refractivity contribution in [1.29, 1.82) is 5.26 Å². The molecule has 12 nitrogen and oxygen atoms in total. The van der Waals surface area contributed by atoms with E-state index in [4.69, 9.17) is 19.5 Å². The summed E-state index contributed by atoms with van der Waals surface area (Å²) >= 11 is 0. The SMILES string of the molecule is CCCCC1=N[C@@](CC)(CNC(=O)CC#N)C(=O)N1Cc1ccc(-c2ccccc2S(=O)(=O)Nc2noc(C)c2C)c(COCC)c1. The number of rotatable bonds is 16. The number of carbonyl (C=O) groups excluding carboxylic acids is 2. The lowest BCUT2D eigenvalue weighted by molar-refractivity contribution is -0.132. The molecule has 0 unspecified atom stereocenters. The van der Waals surface area contributed by atoms with Gasteiger partial charge in [-0.15, -0.1) is 0 Å². The van der Waals surface area contributed by atoms with Gasteiger partial charge in [-0.2, -0.15) is 5.26 Å². The summed E-state index contributed by atoms with van der Waals surface area (Å²) in [7, 11) is -4.05. The molecular weight excluding hydrogens is 620 g/mol. The Kier molecular flexibility index (Phi) is 11.5. The predicted octanol–water partition coefficient (Wildman–Crippen LogP) is 5.41. The number of carbonyl (C=O) groups is 2. The largest absolute Gasteiger partial charge is 0.377 e. The molecule has 3 aromatic rings. The maximum Gasteiger partial charge on any atom is 0.263 e. The van der Waals surface area contributed by atoms with Crippen LogP contribution in [0.15, 0.2) is 56.9 Å². The number of aromatic nitrogens is 1. The Hall–Kier alpha value is -4.54. The van der Waals surface area contributed by atoms with Gasteiger partial charge in [0.1, 0.15) is 18.0 Å². The minimum absolute atomic E-state index is 0.0101. The average Bonchev–Trinajstić information content (AvgIpc) is 3.51. The maximum absolute atomic E-state index is 14.0. The number of anilines is 1. The van der Waals surface area contributed by atoms with Gasteiger partial charge < -0.3 is 14.6 Å². The Morgan fingerprint density at radius 2 is 1.89 bits per heavy atom. The Labute approximate surface area is 276 Å². The molecular formula is C34H42N6O6S. The fourth-order valence-electron chi connectivity index (χ4n) is 5.40. The first-order valence-electron chi connectivity index (χ1n) is 15.8. The molecule has 0 spiro atoms. The first-order valence-corrected chi connectivity index (χ1v) is 17.3. The zero-order valence-corrected chi connectivity index (χ0v) is 28.4. The van der Waals surface area contributed by atoms with Gasteiger partial charge in [0.2, 0.25) is 5.91 Å². The lowest BCUT2D eigenvalue weighted by atomic mass is 9.95. The number of hydrogen-bond donors (Lipinski definition) is 2. The molecule has 13 heteroatoms. The number of amidine groups is 1. The molecule has 0 saturated heterocycles. The van der Waals surface area contributed by atoms with Crippen molar-refractivity contribution in [3.8, 4) is 17.2 Å². The van der Waals surface area contributed by atoms with E-state index in [0.29, 0.717) is 47.7 Å². The number of ether oxygens (including phenoxy) is 1. The van der Waals surface area contributed by atoms with Crippen LogP contribution < -0.4 is 10.0 Å². The highest BCUT2D eigenvalue weighted by Gasteiger charge is 2.46. The second-order valence-electron chi connectivity index (χ2n) is 11.5. The standard InChI is InChI=1S/C34H42N6O6S/c1-6-9-14-30-37-34(7-2,22-36-31(41)17-18-35)33(42)40(30)20-25-15-16-27(26(19-25)21-45-8-3)28-12-10-11-13-29(28)47(43,44)39-32-23(4)24(5)46-38-32/h10-13,15-16,19H,6-9,14,17,20-22H2,1-5H3,(H,36,41)(H,38,39)/t34-/m0/s1. The van der Waals surface area contributed by atoms with Gasteiger partial charge in [0.25, 0.3) is 15.9 Å². The fourth-order valence-corrected chi connectivity index (χ4v) is 6.68. The number of sulfonamides is 1. The number of benzene rings is 2. The van der Waals surface area contributed by atoms with Crippen LogP contribution in [-0.2, 0) is 37.5 Å². The third kappa shape index (κ3) is 7.89. The lowest BCUT2D eigenvalue weighted by Gasteiger charge is -2.26. The van der Waals surface area contributed by atoms with Crippen LogP contribution in [0.2, 0.25) is 0 Å². The van der Waals surface area contributed by atoms with Crippen LogP contribution in [0, 0.1) is 25.2 Å². The number of amides is 2. The number of unbranched alkanes of at least 4 members (excludes halogenated alkanes) is 1. The van der Waals surface area contributed by atoms with E-state index >= 15 is 0 Å². The summed E-state index contributed by atoms with van der Waals surface area (Å²) in [5, 5.41) is 15.4. The summed E-state index contributed by atoms with van der Waals surface area (Å²) in [4.78, 5) is 32.7. The second kappa shape index (κ2) is 15.4. The molecule has 0 bridgehead atoms. The molecule has 0 saturated carbocycles. The molecule has 2 N–H and O–H groups in total. The molecule has 0 fully saturated rings. The Balaban J connectivity index is 1.69. The van der Waals surface area contributed by atoms with E-state index in [1.54, 1.807) is 36.9 Å². The molecule has 4 rings (SSSR count). The van der Waals surface area contributed by atoms with E-state index in [9.17, 15) is 18.0 Å². The topological polar surface area (TPSA) is 167 Å². The number of nitrogens with zero attached hydrogens (tertiary/aromatic N) is 4. The van der Waals surface area contributed by atoms with Crippen molar-refractivity contribution < 1.29 is 27.3 Å². The number of nitrogens with one attached hydrogen (secondary N) is 2. The third-order valence-corrected chi connectivity index (χ3v) is 9.68. The van der Waals surface area contributed by atoms with Crippen molar-refractivity contribution in [2.45, 2.75) is 90.3 Å². The molecule has 2 heterocycles. The van der Waals surface area contributed by atoms with Crippen LogP contribution in [0.5, 0.6) is 0 Å². The molecule has 1 aliphatic heterocycles. The Morgan fingerprint density at radius 1 is 1.13 bits per heavy atom. The maximum atomic E-state index is 14.0. The van der Waals surface area contributed by atoms with Crippen LogP contribution in [0.4, 0.5) is 5.82 Å². The van der Waals surface area contributed by atoms with Gasteiger partial charge in [-0.1, -0.05) is 61.8 Å². The van der Waals surface area contributed by atoms with Crippen LogP contribution >= 0.6 is 0 Å². The Bertz CT molecular complexity index is 1790. The number of aliphatic imine (C=N–C) groups is 1. The predicted molar refractivity (Wildman–Crippen MR) is 178 cm³/mol. The molecule has 0 aliphatic carbocycles. The first-order chi connectivity index (χ1) is 22.5. The van der Waals surface area contributed by atoms with Gasteiger partial charge in [0.05, 0.1) is 30.7 Å². The minimum atomic E-state index is -4.05. The molecule has 1 aliphatic rings. The average molecular weight is 663 g/mol. The molecule has 1 aromatic heterocycles. The van der Waals surface area contributed by atoms with Crippen molar-refractivity contribution in [3.63, 3.8) is 0 Å². The highest BCUT2D eigenvalue weighted by Crippen LogP contribution is 2.34. The van der Waals surface area contributed by atoms with E-state index in [2.05, 4.69) is 22.1 Å². The monoisotopic (exact) mass is 662 g/mol. The van der Waals surface area contributed by atoms with E-state index < -0.39 is 21.5 Å². The third-order valence-electron chi connectivity index (χ3n) is 8.28. The van der Waals surface area contributed by atoms with Crippen molar-refractivity contribution in [2.24, 2.45) is 4.99 Å². The Morgan fingerprint density at radius 3 is 2.55 bits per heavy atom. The molecule has 1 atom stereocenters. The van der Waals surface area contributed by atoms with Crippen LogP contribution in [-0.4, -0.2) is 54.8 Å². The van der Waals surface area contributed by atoms with Gasteiger partial charge in [0.15, 0.2) is 11.4 Å². The summed E-state index contributed by atoms with van der Waals surface area (Å²) in [6, 6.07) is 14.2. The fraction of sp³-hybridized carbons (Fsp3) is 0.441. The number of hydrogen-bond acceptors (Lipinski definition) is 9. The minimum Gasteiger partial charge on any atom is -0.377 e. The van der Waals surface area contributed by atoms with Crippen LogP contribution in [0.25, 0.3) is 11.1 Å². The molecule has 250 valence electrons. The molecule has 2 aromatic carbocycles. The molecule has 47 heavy (non-hydrogen) atoms. The van der Waals surface area contributed by atoms with E-state index in [-0.39, 0.29) is 42.7 Å². The second-order valence-corrected chi connectivity index (χ2v) is 13.1. The zero-order valence-electron chi connectivity index (χ0n) is 27.6. The first kappa shape index (κ1) is 35.3. The van der Waals surface area contributed by atoms with Crippen molar-refractivity contribution >= 4 is 33.5 Å². The van der Waals surface area contributed by atoms with Crippen molar-refractivity contribution in [2.75, 3.05) is 17.9 Å². The highest BCUT2D eigenvalue weighted by atomic mass is 32.2. The van der Waals surface area contributed by atoms with Gasteiger partial charge in [-0.25, -0.2) is 8.42 Å². The molecule has 0 radical (unpaired) electrons. The van der Waals surface area contributed by atoms with E-state index in [0.717, 1.165) is 24.0 Å². The highest BCUT2D eigenvalue weighted by molar-refractivity contribution is 7.92. The summed E-state index contributed by atoms with van der Waals surface area (Å²) < 4.78 is 40.8. The summed E-state index contributed by atoms with van der Waals surface area (Å²) in [6.45, 7) is 10.2. The normalized spacial score (nSPS) is 16.2. The summed E-state index contributed by atoms with van der Waals surface area (Å²) in [5.74, 6) is 0.650. The van der Waals surface area contributed by atoms with Crippen molar-refractivity contribution in [3.05, 3.63) is 64.9 Å². The zero-order chi connectivity index (χ0) is 34.2.